The number of nitrogens with zero attached hydrogens (tertiary/aromatic N) is 1. The maximum absolute atomic E-state index is 10.5. The average molecular weight is 221 g/mol. The van der Waals surface area contributed by atoms with Crippen LogP contribution in [0.4, 0.5) is 5.69 Å². The van der Waals surface area contributed by atoms with Crippen LogP contribution < -0.4 is 0 Å². The molecular formula is C13H19NO2. The van der Waals surface area contributed by atoms with Crippen molar-refractivity contribution >= 4 is 5.69 Å². The SMILES string of the molecule is CCC(C)(CC)Cc1ccc([N+](=O)[O-])cc1. The lowest BCUT2D eigenvalue weighted by molar-refractivity contribution is -0.384. The van der Waals surface area contributed by atoms with E-state index in [4.69, 9.17) is 0 Å². The minimum atomic E-state index is -0.359. The molecule has 1 rings (SSSR count). The molecule has 3 nitrogen and oxygen atoms in total. The van der Waals surface area contributed by atoms with Crippen LogP contribution in [0.5, 0.6) is 0 Å². The van der Waals surface area contributed by atoms with Gasteiger partial charge in [0.25, 0.3) is 5.69 Å². The summed E-state index contributed by atoms with van der Waals surface area (Å²) in [7, 11) is 0. The maximum atomic E-state index is 10.5. The van der Waals surface area contributed by atoms with Crippen LogP contribution in [-0.2, 0) is 6.42 Å². The topological polar surface area (TPSA) is 43.1 Å². The fourth-order valence-corrected chi connectivity index (χ4v) is 1.73. The van der Waals surface area contributed by atoms with Gasteiger partial charge in [-0.05, 0) is 17.4 Å². The second-order valence-corrected chi connectivity index (χ2v) is 4.62. The Bertz CT molecular complexity index is 353. The van der Waals surface area contributed by atoms with Gasteiger partial charge in [0, 0.05) is 12.1 Å². The molecule has 0 atom stereocenters. The van der Waals surface area contributed by atoms with Crippen LogP contribution in [0.3, 0.4) is 0 Å². The highest BCUT2D eigenvalue weighted by Gasteiger charge is 2.20. The van der Waals surface area contributed by atoms with Gasteiger partial charge in [0.1, 0.15) is 0 Å². The predicted octanol–water partition coefficient (Wildman–Crippen LogP) is 3.96. The average Bonchev–Trinajstić information content (AvgIpc) is 2.29. The van der Waals surface area contributed by atoms with Crippen LogP contribution in [0.1, 0.15) is 39.2 Å². The van der Waals surface area contributed by atoms with E-state index in [1.54, 1.807) is 12.1 Å². The minimum Gasteiger partial charge on any atom is -0.258 e. The molecule has 88 valence electrons. The molecule has 0 unspecified atom stereocenters. The summed E-state index contributed by atoms with van der Waals surface area (Å²) < 4.78 is 0. The van der Waals surface area contributed by atoms with Crippen LogP contribution in [0.25, 0.3) is 0 Å². The lowest BCUT2D eigenvalue weighted by Crippen LogP contribution is -2.17. The summed E-state index contributed by atoms with van der Waals surface area (Å²) in [4.78, 5) is 10.2. The van der Waals surface area contributed by atoms with Crippen LogP contribution >= 0.6 is 0 Å². The van der Waals surface area contributed by atoms with Gasteiger partial charge in [-0.3, -0.25) is 10.1 Å². The molecule has 0 radical (unpaired) electrons. The number of hydrogen-bond donors (Lipinski definition) is 0. The summed E-state index contributed by atoms with van der Waals surface area (Å²) in [6.07, 6.45) is 3.24. The molecule has 3 heteroatoms. The predicted molar refractivity (Wildman–Crippen MR) is 65.5 cm³/mol. The van der Waals surface area contributed by atoms with E-state index >= 15 is 0 Å². The molecule has 0 aliphatic carbocycles. The zero-order chi connectivity index (χ0) is 12.2. The van der Waals surface area contributed by atoms with Gasteiger partial charge in [-0.1, -0.05) is 45.7 Å². The third kappa shape index (κ3) is 3.05. The Kier molecular flexibility index (Phi) is 4.05. The zero-order valence-electron chi connectivity index (χ0n) is 10.2. The first kappa shape index (κ1) is 12.7. The first-order valence-electron chi connectivity index (χ1n) is 5.74. The van der Waals surface area contributed by atoms with Crippen molar-refractivity contribution in [3.05, 3.63) is 39.9 Å². The molecule has 0 aliphatic heterocycles. The van der Waals surface area contributed by atoms with Crippen molar-refractivity contribution in [3.63, 3.8) is 0 Å². The third-order valence-electron chi connectivity index (χ3n) is 3.49. The molecule has 0 amide bonds. The van der Waals surface area contributed by atoms with Gasteiger partial charge in [0.05, 0.1) is 4.92 Å². The number of hydrogen-bond acceptors (Lipinski definition) is 2. The minimum absolute atomic E-state index is 0.165. The van der Waals surface area contributed by atoms with Crippen LogP contribution in [0.2, 0.25) is 0 Å². The lowest BCUT2D eigenvalue weighted by Gasteiger charge is -2.26. The summed E-state index contributed by atoms with van der Waals surface area (Å²) in [5, 5.41) is 10.5. The lowest BCUT2D eigenvalue weighted by atomic mass is 9.79. The molecule has 16 heavy (non-hydrogen) atoms. The van der Waals surface area contributed by atoms with Crippen LogP contribution in [-0.4, -0.2) is 4.92 Å². The van der Waals surface area contributed by atoms with E-state index < -0.39 is 0 Å². The number of rotatable bonds is 5. The zero-order valence-corrected chi connectivity index (χ0v) is 10.2. The van der Waals surface area contributed by atoms with E-state index in [9.17, 15) is 10.1 Å². The Morgan fingerprint density at radius 2 is 1.69 bits per heavy atom. The largest absolute Gasteiger partial charge is 0.269 e. The van der Waals surface area contributed by atoms with Crippen LogP contribution in [0.15, 0.2) is 24.3 Å². The summed E-state index contributed by atoms with van der Waals surface area (Å²) >= 11 is 0. The van der Waals surface area contributed by atoms with E-state index in [-0.39, 0.29) is 10.6 Å². The van der Waals surface area contributed by atoms with E-state index in [1.807, 2.05) is 12.1 Å². The number of non-ortho nitro benzene ring substituents is 1. The Morgan fingerprint density at radius 3 is 2.06 bits per heavy atom. The molecule has 0 heterocycles. The summed E-state index contributed by atoms with van der Waals surface area (Å²) in [6, 6.07) is 6.89. The molecule has 0 aliphatic rings. The standard InChI is InChI=1S/C13H19NO2/c1-4-13(3,5-2)10-11-6-8-12(9-7-11)14(15)16/h6-9H,4-5,10H2,1-3H3. The van der Waals surface area contributed by atoms with Gasteiger partial charge in [-0.2, -0.15) is 0 Å². The van der Waals surface area contributed by atoms with Crippen molar-refractivity contribution in [2.24, 2.45) is 5.41 Å². The number of nitro groups is 1. The fourth-order valence-electron chi connectivity index (χ4n) is 1.73. The van der Waals surface area contributed by atoms with Crippen molar-refractivity contribution in [2.45, 2.75) is 40.0 Å². The number of nitro benzene ring substituents is 1. The second kappa shape index (κ2) is 5.10. The smallest absolute Gasteiger partial charge is 0.258 e. The molecule has 1 aromatic carbocycles. The van der Waals surface area contributed by atoms with Gasteiger partial charge in [0.2, 0.25) is 0 Å². The van der Waals surface area contributed by atoms with Crippen molar-refractivity contribution in [2.75, 3.05) is 0 Å². The summed E-state index contributed by atoms with van der Waals surface area (Å²) in [6.45, 7) is 6.64. The molecule has 0 spiro atoms. The Balaban J connectivity index is 2.79. The molecule has 0 aromatic heterocycles. The van der Waals surface area contributed by atoms with Gasteiger partial charge in [0.15, 0.2) is 0 Å². The quantitative estimate of drug-likeness (QED) is 0.558. The third-order valence-corrected chi connectivity index (χ3v) is 3.49. The highest BCUT2D eigenvalue weighted by atomic mass is 16.6. The number of benzene rings is 1. The van der Waals surface area contributed by atoms with E-state index in [2.05, 4.69) is 20.8 Å². The van der Waals surface area contributed by atoms with E-state index in [1.165, 1.54) is 5.56 Å². The molecule has 0 fully saturated rings. The Labute approximate surface area is 96.6 Å². The molecule has 0 bridgehead atoms. The second-order valence-electron chi connectivity index (χ2n) is 4.62. The van der Waals surface area contributed by atoms with Crippen molar-refractivity contribution in [1.82, 2.24) is 0 Å². The van der Waals surface area contributed by atoms with Gasteiger partial charge >= 0.3 is 0 Å². The van der Waals surface area contributed by atoms with Gasteiger partial charge in [-0.15, -0.1) is 0 Å². The highest BCUT2D eigenvalue weighted by Crippen LogP contribution is 2.30. The fraction of sp³-hybridized carbons (Fsp3) is 0.538. The van der Waals surface area contributed by atoms with Gasteiger partial charge < -0.3 is 0 Å². The normalized spacial score (nSPS) is 11.4. The summed E-state index contributed by atoms with van der Waals surface area (Å²) in [5.74, 6) is 0. The maximum Gasteiger partial charge on any atom is 0.269 e. The molecule has 0 N–H and O–H groups in total. The van der Waals surface area contributed by atoms with Crippen molar-refractivity contribution in [1.29, 1.82) is 0 Å². The molecule has 1 aromatic rings. The first-order valence-corrected chi connectivity index (χ1v) is 5.74. The molecule has 0 saturated carbocycles. The van der Waals surface area contributed by atoms with E-state index in [0.717, 1.165) is 19.3 Å². The highest BCUT2D eigenvalue weighted by molar-refractivity contribution is 5.33. The van der Waals surface area contributed by atoms with Gasteiger partial charge in [-0.25, -0.2) is 0 Å². The first-order chi connectivity index (χ1) is 7.50. The van der Waals surface area contributed by atoms with Crippen LogP contribution in [0, 0.1) is 15.5 Å². The monoisotopic (exact) mass is 221 g/mol. The summed E-state index contributed by atoms with van der Waals surface area (Å²) in [5.41, 5.74) is 1.64. The van der Waals surface area contributed by atoms with Crippen molar-refractivity contribution in [3.8, 4) is 0 Å². The Hall–Kier alpha value is -1.38. The molecular weight excluding hydrogens is 202 g/mol. The molecule has 0 saturated heterocycles. The van der Waals surface area contributed by atoms with Crippen molar-refractivity contribution < 1.29 is 4.92 Å². The Morgan fingerprint density at radius 1 is 1.19 bits per heavy atom. The van der Waals surface area contributed by atoms with E-state index in [0.29, 0.717) is 5.41 Å².